The van der Waals surface area contributed by atoms with Gasteiger partial charge in [0.05, 0.1) is 23.8 Å². The molecule has 17 heavy (non-hydrogen) atoms. The summed E-state index contributed by atoms with van der Waals surface area (Å²) in [4.78, 5) is 21.5. The molecule has 0 aliphatic carbocycles. The highest BCUT2D eigenvalue weighted by molar-refractivity contribution is 5.97. The van der Waals surface area contributed by atoms with E-state index in [0.717, 1.165) is 13.2 Å². The minimum Gasteiger partial charge on any atom is -0.496 e. The molecule has 1 aromatic rings. The molecule has 7 heteroatoms. The van der Waals surface area contributed by atoms with Crippen molar-refractivity contribution in [3.8, 4) is 5.75 Å². The zero-order valence-corrected chi connectivity index (χ0v) is 8.67. The van der Waals surface area contributed by atoms with Crippen molar-refractivity contribution in [2.24, 2.45) is 5.73 Å². The van der Waals surface area contributed by atoms with Gasteiger partial charge in [-0.2, -0.15) is 13.2 Å². The van der Waals surface area contributed by atoms with E-state index in [-0.39, 0.29) is 17.6 Å². The number of methoxy groups -OCH3 is 1. The van der Waals surface area contributed by atoms with Crippen molar-refractivity contribution in [2.45, 2.75) is 6.18 Å². The van der Waals surface area contributed by atoms with Crippen molar-refractivity contribution in [3.63, 3.8) is 0 Å². The van der Waals surface area contributed by atoms with Crippen molar-refractivity contribution in [1.29, 1.82) is 0 Å². The first-order valence-corrected chi connectivity index (χ1v) is 4.35. The van der Waals surface area contributed by atoms with Crippen molar-refractivity contribution in [3.05, 3.63) is 28.8 Å². The number of primary amides is 1. The molecule has 1 rings (SSSR count). The van der Waals surface area contributed by atoms with E-state index in [1.54, 1.807) is 0 Å². The third-order valence-corrected chi connectivity index (χ3v) is 2.07. The summed E-state index contributed by atoms with van der Waals surface area (Å²) in [5.74, 6) is -1.53. The summed E-state index contributed by atoms with van der Waals surface area (Å²) in [6.07, 6.45) is -4.47. The minimum absolute atomic E-state index is 0.172. The molecule has 0 bridgehead atoms. The fourth-order valence-corrected chi connectivity index (χ4v) is 1.30. The Morgan fingerprint density at radius 2 is 2.00 bits per heavy atom. The van der Waals surface area contributed by atoms with Gasteiger partial charge in [-0.3, -0.25) is 9.59 Å². The van der Waals surface area contributed by atoms with Crippen LogP contribution in [0.25, 0.3) is 0 Å². The highest BCUT2D eigenvalue weighted by Crippen LogP contribution is 2.35. The van der Waals surface area contributed by atoms with Crippen LogP contribution in [0.5, 0.6) is 5.75 Å². The summed E-state index contributed by atoms with van der Waals surface area (Å²) >= 11 is 0. The van der Waals surface area contributed by atoms with Gasteiger partial charge in [-0.1, -0.05) is 0 Å². The molecule has 0 unspecified atom stereocenters. The Kier molecular flexibility index (Phi) is 3.40. The molecular weight excluding hydrogens is 239 g/mol. The van der Waals surface area contributed by atoms with Crippen molar-refractivity contribution < 1.29 is 27.5 Å². The number of ether oxygens (including phenoxy) is 1. The quantitative estimate of drug-likeness (QED) is 0.825. The Balaban J connectivity index is 3.57. The average Bonchev–Trinajstić information content (AvgIpc) is 2.25. The van der Waals surface area contributed by atoms with E-state index in [4.69, 9.17) is 5.73 Å². The van der Waals surface area contributed by atoms with E-state index in [1.807, 2.05) is 0 Å². The third kappa shape index (κ3) is 2.55. The number of alkyl halides is 3. The molecule has 92 valence electrons. The van der Waals surface area contributed by atoms with E-state index in [0.29, 0.717) is 6.07 Å². The highest BCUT2D eigenvalue weighted by atomic mass is 19.4. The molecule has 0 fully saturated rings. The second kappa shape index (κ2) is 4.44. The molecule has 0 spiro atoms. The van der Waals surface area contributed by atoms with Crippen molar-refractivity contribution in [1.82, 2.24) is 0 Å². The van der Waals surface area contributed by atoms with Gasteiger partial charge in [-0.25, -0.2) is 0 Å². The number of hydrogen-bond acceptors (Lipinski definition) is 3. The number of aldehydes is 1. The molecule has 0 atom stereocenters. The first-order chi connectivity index (χ1) is 7.81. The lowest BCUT2D eigenvalue weighted by atomic mass is 10.0. The topological polar surface area (TPSA) is 69.4 Å². The van der Waals surface area contributed by atoms with Gasteiger partial charge >= 0.3 is 6.18 Å². The summed E-state index contributed by atoms with van der Waals surface area (Å²) in [5.41, 5.74) is 2.67. The third-order valence-electron chi connectivity index (χ3n) is 2.07. The van der Waals surface area contributed by atoms with Gasteiger partial charge in [-0.15, -0.1) is 0 Å². The number of nitrogens with two attached hydrogens (primary N) is 1. The number of halogens is 3. The van der Waals surface area contributed by atoms with Crippen molar-refractivity contribution >= 4 is 12.2 Å². The number of rotatable bonds is 3. The Morgan fingerprint density at radius 3 is 2.35 bits per heavy atom. The Labute approximate surface area is 94.2 Å². The van der Waals surface area contributed by atoms with Crippen LogP contribution in [0.3, 0.4) is 0 Å². The van der Waals surface area contributed by atoms with E-state index in [2.05, 4.69) is 4.74 Å². The normalized spacial score (nSPS) is 11.1. The Bertz CT molecular complexity index is 469. The fraction of sp³-hybridized carbons (Fsp3) is 0.200. The van der Waals surface area contributed by atoms with Crippen LogP contribution in [0.2, 0.25) is 0 Å². The zero-order chi connectivity index (χ0) is 13.2. The molecule has 1 amide bonds. The predicted molar refractivity (Wildman–Crippen MR) is 51.9 cm³/mol. The lowest BCUT2D eigenvalue weighted by molar-refractivity contribution is -0.138. The first-order valence-electron chi connectivity index (χ1n) is 4.35. The molecular formula is C10H8F3NO3. The van der Waals surface area contributed by atoms with Gasteiger partial charge in [0.15, 0.2) is 6.29 Å². The van der Waals surface area contributed by atoms with E-state index in [9.17, 15) is 22.8 Å². The second-order valence-corrected chi connectivity index (χ2v) is 3.12. The lowest BCUT2D eigenvalue weighted by Gasteiger charge is -2.13. The average molecular weight is 247 g/mol. The number of carbonyl (C=O) groups is 2. The molecule has 0 aliphatic rings. The fourth-order valence-electron chi connectivity index (χ4n) is 1.30. The molecule has 4 nitrogen and oxygen atoms in total. The van der Waals surface area contributed by atoms with Crippen molar-refractivity contribution in [2.75, 3.05) is 7.11 Å². The maximum atomic E-state index is 12.6. The van der Waals surface area contributed by atoms with Gasteiger partial charge in [0.25, 0.3) is 0 Å². The van der Waals surface area contributed by atoms with Crippen LogP contribution >= 0.6 is 0 Å². The maximum Gasteiger partial charge on any atom is 0.417 e. The standard InChI is InChI=1S/C10H8F3NO3/c1-17-8-3-7(10(11,12)13)6(9(14)16)2-5(8)4-15/h2-4H,1H3,(H2,14,16). The Hall–Kier alpha value is -2.05. The van der Waals surface area contributed by atoms with Gasteiger partial charge in [0.1, 0.15) is 5.75 Å². The minimum atomic E-state index is -4.75. The number of carbonyl (C=O) groups excluding carboxylic acids is 2. The van der Waals surface area contributed by atoms with Crippen LogP contribution < -0.4 is 10.5 Å². The summed E-state index contributed by atoms with van der Waals surface area (Å²) in [5, 5.41) is 0. The smallest absolute Gasteiger partial charge is 0.417 e. The molecule has 0 heterocycles. The van der Waals surface area contributed by atoms with E-state index in [1.165, 1.54) is 0 Å². The van der Waals surface area contributed by atoms with Crippen LogP contribution in [0, 0.1) is 0 Å². The Morgan fingerprint density at radius 1 is 1.41 bits per heavy atom. The maximum absolute atomic E-state index is 12.6. The number of hydrogen-bond donors (Lipinski definition) is 1. The zero-order valence-electron chi connectivity index (χ0n) is 8.67. The van der Waals surface area contributed by atoms with Crippen LogP contribution in [-0.2, 0) is 6.18 Å². The molecule has 0 saturated carbocycles. The van der Waals surface area contributed by atoms with E-state index >= 15 is 0 Å². The second-order valence-electron chi connectivity index (χ2n) is 3.12. The largest absolute Gasteiger partial charge is 0.496 e. The van der Waals surface area contributed by atoms with Gasteiger partial charge in [0, 0.05) is 0 Å². The molecule has 0 saturated heterocycles. The highest BCUT2D eigenvalue weighted by Gasteiger charge is 2.36. The van der Waals surface area contributed by atoms with Gasteiger partial charge < -0.3 is 10.5 Å². The van der Waals surface area contributed by atoms with Crippen LogP contribution in [0.4, 0.5) is 13.2 Å². The summed E-state index contributed by atoms with van der Waals surface area (Å²) < 4.78 is 42.5. The summed E-state index contributed by atoms with van der Waals surface area (Å²) in [6, 6.07) is 1.33. The molecule has 1 aromatic carbocycles. The SMILES string of the molecule is COc1cc(C(F)(F)F)c(C(N)=O)cc1C=O. The van der Waals surface area contributed by atoms with Crippen LogP contribution in [0.15, 0.2) is 12.1 Å². The van der Waals surface area contributed by atoms with E-state index < -0.39 is 23.2 Å². The molecule has 2 N–H and O–H groups in total. The number of benzene rings is 1. The molecule has 0 aromatic heterocycles. The number of amides is 1. The summed E-state index contributed by atoms with van der Waals surface area (Å²) in [6.45, 7) is 0. The lowest BCUT2D eigenvalue weighted by Crippen LogP contribution is -2.19. The van der Waals surface area contributed by atoms with Crippen LogP contribution in [-0.4, -0.2) is 19.3 Å². The van der Waals surface area contributed by atoms with Crippen LogP contribution in [0.1, 0.15) is 26.3 Å². The van der Waals surface area contributed by atoms with Gasteiger partial charge in [0.2, 0.25) is 5.91 Å². The predicted octanol–water partition coefficient (Wildman–Crippen LogP) is 1.63. The molecule has 0 aliphatic heterocycles. The summed E-state index contributed by atoms with van der Waals surface area (Å²) in [7, 11) is 1.12. The molecule has 0 radical (unpaired) electrons. The monoisotopic (exact) mass is 247 g/mol. The first kappa shape index (κ1) is 13.0. The van der Waals surface area contributed by atoms with Gasteiger partial charge in [-0.05, 0) is 12.1 Å².